The van der Waals surface area contributed by atoms with Crippen LogP contribution in [0.5, 0.6) is 0 Å². The van der Waals surface area contributed by atoms with Crippen molar-refractivity contribution in [3.05, 3.63) is 60.4 Å². The van der Waals surface area contributed by atoms with Gasteiger partial charge >= 0.3 is 0 Å². The van der Waals surface area contributed by atoms with Crippen LogP contribution in [0.4, 0.5) is 0 Å². The second kappa shape index (κ2) is 5.79. The second-order valence-corrected chi connectivity index (χ2v) is 6.44. The van der Waals surface area contributed by atoms with E-state index < -0.39 is 16.2 Å². The number of aromatic nitrogens is 3. The Bertz CT molecular complexity index is 987. The summed E-state index contributed by atoms with van der Waals surface area (Å²) in [4.78, 5) is 7.99. The van der Waals surface area contributed by atoms with Gasteiger partial charge < -0.3 is 0 Å². The van der Waals surface area contributed by atoms with Crippen molar-refractivity contribution in [1.29, 1.82) is 5.26 Å². The smallest absolute Gasteiger partial charge is 0.284 e. The fraction of sp³-hybridized carbons (Fsp3) is 0.133. The van der Waals surface area contributed by atoms with Crippen molar-refractivity contribution in [1.82, 2.24) is 14.4 Å². The lowest BCUT2D eigenvalue weighted by Gasteiger charge is -2.10. The minimum Gasteiger partial charge on any atom is -0.284 e. The van der Waals surface area contributed by atoms with Gasteiger partial charge in [0, 0.05) is 6.20 Å². The minimum atomic E-state index is -4.08. The van der Waals surface area contributed by atoms with Crippen LogP contribution in [0.3, 0.4) is 0 Å². The molecule has 7 nitrogen and oxygen atoms in total. The molecule has 0 saturated carbocycles. The molecule has 1 atom stereocenters. The van der Waals surface area contributed by atoms with E-state index in [0.29, 0.717) is 5.52 Å². The van der Waals surface area contributed by atoms with Crippen LogP contribution in [0.15, 0.2) is 53.9 Å². The van der Waals surface area contributed by atoms with Crippen molar-refractivity contribution in [3.63, 3.8) is 0 Å². The zero-order chi connectivity index (χ0) is 16.4. The molecule has 2 aromatic heterocycles. The molecular formula is C15H12N4O3S. The van der Waals surface area contributed by atoms with Crippen LogP contribution < -0.4 is 0 Å². The van der Waals surface area contributed by atoms with E-state index in [2.05, 4.69) is 9.97 Å². The number of nitriles is 1. The summed E-state index contributed by atoms with van der Waals surface area (Å²) >= 11 is 0. The molecule has 0 saturated heterocycles. The molecule has 0 spiro atoms. The van der Waals surface area contributed by atoms with Crippen LogP contribution in [-0.4, -0.2) is 22.8 Å². The molecule has 0 fully saturated rings. The molecule has 0 bridgehead atoms. The summed E-state index contributed by atoms with van der Waals surface area (Å²) in [5, 5.41) is 9.30. The SMILES string of the molecule is Cc1ccc(S(=O)(=O)OC(C#N)c2ncc3ccncn23)cc1. The van der Waals surface area contributed by atoms with Crippen molar-refractivity contribution in [2.45, 2.75) is 17.9 Å². The van der Waals surface area contributed by atoms with Crippen LogP contribution in [0.2, 0.25) is 0 Å². The number of aryl methyl sites for hydroxylation is 1. The number of hydrogen-bond acceptors (Lipinski definition) is 6. The lowest BCUT2D eigenvalue weighted by molar-refractivity contribution is 0.257. The van der Waals surface area contributed by atoms with Gasteiger partial charge in [-0.2, -0.15) is 13.7 Å². The van der Waals surface area contributed by atoms with E-state index in [1.807, 2.05) is 13.0 Å². The largest absolute Gasteiger partial charge is 0.298 e. The summed E-state index contributed by atoms with van der Waals surface area (Å²) in [7, 11) is -4.08. The van der Waals surface area contributed by atoms with E-state index in [-0.39, 0.29) is 10.7 Å². The van der Waals surface area contributed by atoms with E-state index in [1.165, 1.54) is 29.1 Å². The number of benzene rings is 1. The Morgan fingerprint density at radius 2 is 2.00 bits per heavy atom. The maximum Gasteiger partial charge on any atom is 0.298 e. The van der Waals surface area contributed by atoms with Crippen LogP contribution in [0, 0.1) is 18.3 Å². The first-order valence-electron chi connectivity index (χ1n) is 6.68. The Hall–Kier alpha value is -2.76. The van der Waals surface area contributed by atoms with E-state index in [4.69, 9.17) is 4.18 Å². The summed E-state index contributed by atoms with van der Waals surface area (Å²) in [6.07, 6.45) is 3.17. The third-order valence-electron chi connectivity index (χ3n) is 3.25. The number of imidazole rings is 1. The molecule has 0 radical (unpaired) electrons. The van der Waals surface area contributed by atoms with Crippen molar-refractivity contribution < 1.29 is 12.6 Å². The van der Waals surface area contributed by atoms with Crippen molar-refractivity contribution in [2.75, 3.05) is 0 Å². The lowest BCUT2D eigenvalue weighted by Crippen LogP contribution is -2.13. The second-order valence-electron chi connectivity index (χ2n) is 4.86. The molecule has 3 aromatic rings. The highest BCUT2D eigenvalue weighted by Crippen LogP contribution is 2.23. The highest BCUT2D eigenvalue weighted by Gasteiger charge is 2.26. The molecule has 3 rings (SSSR count). The average Bonchev–Trinajstić information content (AvgIpc) is 2.97. The summed E-state index contributed by atoms with van der Waals surface area (Å²) in [6, 6.07) is 9.70. The van der Waals surface area contributed by atoms with Gasteiger partial charge in [0.25, 0.3) is 10.1 Å². The molecule has 116 valence electrons. The van der Waals surface area contributed by atoms with Crippen molar-refractivity contribution in [2.24, 2.45) is 0 Å². The summed E-state index contributed by atoms with van der Waals surface area (Å²) in [6.45, 7) is 1.85. The number of fused-ring (bicyclic) bond motifs is 1. The first-order chi connectivity index (χ1) is 11.0. The average molecular weight is 328 g/mol. The maximum absolute atomic E-state index is 12.3. The van der Waals surface area contributed by atoms with Gasteiger partial charge in [-0.25, -0.2) is 14.2 Å². The molecule has 0 aliphatic rings. The Kier molecular flexibility index (Phi) is 3.82. The molecule has 2 heterocycles. The van der Waals surface area contributed by atoms with Crippen LogP contribution >= 0.6 is 0 Å². The predicted octanol–water partition coefficient (Wildman–Crippen LogP) is 2.01. The van der Waals surface area contributed by atoms with Gasteiger partial charge in [0.15, 0.2) is 5.82 Å². The fourth-order valence-corrected chi connectivity index (χ4v) is 3.03. The first kappa shape index (κ1) is 15.1. The monoisotopic (exact) mass is 328 g/mol. The van der Waals surface area contributed by atoms with Gasteiger partial charge in [0.05, 0.1) is 16.6 Å². The molecule has 0 aliphatic heterocycles. The van der Waals surface area contributed by atoms with Crippen molar-refractivity contribution in [3.8, 4) is 6.07 Å². The number of nitrogens with zero attached hydrogens (tertiary/aromatic N) is 4. The minimum absolute atomic E-state index is 0.0117. The molecule has 8 heteroatoms. The highest BCUT2D eigenvalue weighted by molar-refractivity contribution is 7.86. The van der Waals surface area contributed by atoms with E-state index >= 15 is 0 Å². The zero-order valence-corrected chi connectivity index (χ0v) is 12.9. The molecule has 23 heavy (non-hydrogen) atoms. The third kappa shape index (κ3) is 2.92. The van der Waals surface area contributed by atoms with Gasteiger partial charge in [0.1, 0.15) is 12.4 Å². The lowest BCUT2D eigenvalue weighted by atomic mass is 10.2. The van der Waals surface area contributed by atoms with Crippen LogP contribution in [-0.2, 0) is 14.3 Å². The van der Waals surface area contributed by atoms with Gasteiger partial charge in [-0.1, -0.05) is 17.7 Å². The Morgan fingerprint density at radius 3 is 2.70 bits per heavy atom. The Morgan fingerprint density at radius 1 is 1.26 bits per heavy atom. The Balaban J connectivity index is 1.96. The van der Waals surface area contributed by atoms with E-state index in [9.17, 15) is 13.7 Å². The maximum atomic E-state index is 12.3. The van der Waals surface area contributed by atoms with Gasteiger partial charge in [-0.15, -0.1) is 0 Å². The highest BCUT2D eigenvalue weighted by atomic mass is 32.2. The van der Waals surface area contributed by atoms with Crippen molar-refractivity contribution >= 4 is 15.6 Å². The molecule has 1 unspecified atom stereocenters. The van der Waals surface area contributed by atoms with E-state index in [1.54, 1.807) is 24.4 Å². The molecule has 0 aliphatic carbocycles. The number of hydrogen-bond donors (Lipinski definition) is 0. The molecule has 0 amide bonds. The van der Waals surface area contributed by atoms with Gasteiger partial charge in [-0.05, 0) is 25.1 Å². The zero-order valence-electron chi connectivity index (χ0n) is 12.1. The standard InChI is InChI=1S/C15H12N4O3S/c1-11-2-4-13(5-3-11)23(20,21)22-14(8-16)15-18-9-12-6-7-17-10-19(12)15/h2-7,9-10,14H,1H3. The summed E-state index contributed by atoms with van der Waals surface area (Å²) in [5.41, 5.74) is 1.61. The molecule has 1 aromatic carbocycles. The quantitative estimate of drug-likeness (QED) is 0.680. The molecular weight excluding hydrogens is 316 g/mol. The topological polar surface area (TPSA) is 97.3 Å². The normalized spacial score (nSPS) is 12.9. The summed E-state index contributed by atoms with van der Waals surface area (Å²) < 4.78 is 31.2. The third-order valence-corrected chi connectivity index (χ3v) is 4.55. The van der Waals surface area contributed by atoms with Crippen LogP contribution in [0.25, 0.3) is 5.52 Å². The van der Waals surface area contributed by atoms with Crippen LogP contribution in [0.1, 0.15) is 17.5 Å². The number of rotatable bonds is 4. The van der Waals surface area contributed by atoms with E-state index in [0.717, 1.165) is 5.56 Å². The fourth-order valence-electron chi connectivity index (χ4n) is 2.07. The van der Waals surface area contributed by atoms with Gasteiger partial charge in [-0.3, -0.25) is 4.40 Å². The Labute approximate surface area is 132 Å². The van der Waals surface area contributed by atoms with Gasteiger partial charge in [0.2, 0.25) is 6.10 Å². The predicted molar refractivity (Wildman–Crippen MR) is 80.8 cm³/mol. The summed E-state index contributed by atoms with van der Waals surface area (Å²) in [5.74, 6) is 0.159. The molecule has 0 N–H and O–H groups in total. The first-order valence-corrected chi connectivity index (χ1v) is 8.08.